The summed E-state index contributed by atoms with van der Waals surface area (Å²) >= 11 is 0.916. The van der Waals surface area contributed by atoms with E-state index in [1.807, 2.05) is 12.1 Å². The lowest BCUT2D eigenvalue weighted by Crippen LogP contribution is -2.32. The number of amides is 1. The van der Waals surface area contributed by atoms with E-state index in [1.54, 1.807) is 18.2 Å². The first kappa shape index (κ1) is 23.2. The molecule has 0 unspecified atom stereocenters. The molecule has 13 heteroatoms. The number of methoxy groups -OCH3 is 2. The van der Waals surface area contributed by atoms with E-state index in [4.69, 9.17) is 15.2 Å². The summed E-state index contributed by atoms with van der Waals surface area (Å²) in [5.74, 6) is -0.628. The quantitative estimate of drug-likeness (QED) is 0.368. The lowest BCUT2D eigenvalue weighted by Gasteiger charge is -2.12. The molecule has 0 fully saturated rings. The normalized spacial score (nSPS) is 10.2. The van der Waals surface area contributed by atoms with E-state index in [-0.39, 0.29) is 39.0 Å². The van der Waals surface area contributed by atoms with Gasteiger partial charge in [-0.1, -0.05) is 16.4 Å². The third-order valence-electron chi connectivity index (χ3n) is 4.39. The number of aryl methyl sites for hydroxylation is 1. The second-order valence-electron chi connectivity index (χ2n) is 6.42. The zero-order valence-electron chi connectivity index (χ0n) is 17.7. The Balaban J connectivity index is 1.92. The highest BCUT2D eigenvalue weighted by atomic mass is 32.2. The average molecular weight is 467 g/mol. The van der Waals surface area contributed by atoms with Gasteiger partial charge in [-0.05, 0) is 0 Å². The summed E-state index contributed by atoms with van der Waals surface area (Å²) in [4.78, 5) is 16.6. The Bertz CT molecular complexity index is 1270. The molecule has 0 radical (unpaired) electrons. The van der Waals surface area contributed by atoms with Gasteiger partial charge in [-0.3, -0.25) is 4.79 Å². The fourth-order valence-corrected chi connectivity index (χ4v) is 3.72. The number of nitrogens with zero attached hydrogens (tertiary/aromatic N) is 5. The molecule has 0 atom stereocenters. The van der Waals surface area contributed by atoms with Crippen LogP contribution < -0.4 is 30.3 Å². The Morgan fingerprint density at radius 3 is 2.39 bits per heavy atom. The fraction of sp³-hybridized carbons (Fsp3) is 0.200. The van der Waals surface area contributed by atoms with Gasteiger partial charge in [0.1, 0.15) is 40.0 Å². The second-order valence-corrected chi connectivity index (χ2v) is 7.39. The number of carbonyl (C=O) groups is 1. The first-order chi connectivity index (χ1) is 15.8. The van der Waals surface area contributed by atoms with Crippen LogP contribution in [0.3, 0.4) is 0 Å². The number of aromatic nitrogens is 3. The van der Waals surface area contributed by atoms with Gasteiger partial charge in [-0.25, -0.2) is 4.98 Å². The van der Waals surface area contributed by atoms with Gasteiger partial charge in [-0.15, -0.1) is 0 Å². The molecule has 0 aliphatic carbocycles. The van der Waals surface area contributed by atoms with Crippen LogP contribution in [0.4, 0.5) is 11.5 Å². The number of nitrogens with two attached hydrogens (primary N) is 1. The molecule has 3 N–H and O–H groups in total. The van der Waals surface area contributed by atoms with Crippen molar-refractivity contribution in [3.63, 3.8) is 0 Å². The van der Waals surface area contributed by atoms with Crippen molar-refractivity contribution in [1.29, 1.82) is 10.5 Å². The predicted octanol–water partition coefficient (Wildman–Crippen LogP) is 0.708. The van der Waals surface area contributed by atoms with Crippen LogP contribution in [0.2, 0.25) is 0 Å². The van der Waals surface area contributed by atoms with E-state index in [1.165, 1.54) is 21.3 Å². The highest BCUT2D eigenvalue weighted by Crippen LogP contribution is 2.36. The molecule has 1 amide bonds. The molecule has 0 saturated carbocycles. The van der Waals surface area contributed by atoms with Crippen LogP contribution in [0.25, 0.3) is 11.3 Å². The molecule has 33 heavy (non-hydrogen) atoms. The average Bonchev–Trinajstić information content (AvgIpc) is 3.14. The van der Waals surface area contributed by atoms with Gasteiger partial charge in [0.05, 0.1) is 36.4 Å². The molecule has 0 aliphatic rings. The number of nitrogens with one attached hydrogen (secondary N) is 1. The lowest BCUT2D eigenvalue weighted by atomic mass is 10.0. The molecule has 0 bridgehead atoms. The number of nitrogen functional groups attached to an aromatic ring is 1. The number of hydrogen-bond acceptors (Lipinski definition) is 11. The van der Waals surface area contributed by atoms with Crippen molar-refractivity contribution in [2.75, 3.05) is 31.0 Å². The minimum absolute atomic E-state index is 0.0540. The van der Waals surface area contributed by atoms with Crippen molar-refractivity contribution in [3.05, 3.63) is 29.3 Å². The molecule has 3 aromatic rings. The zero-order valence-corrected chi connectivity index (χ0v) is 18.5. The van der Waals surface area contributed by atoms with Crippen LogP contribution in [0, 0.1) is 22.7 Å². The van der Waals surface area contributed by atoms with Gasteiger partial charge in [0.15, 0.2) is 13.0 Å². The summed E-state index contributed by atoms with van der Waals surface area (Å²) < 4.78 is 16.1. The first-order valence-corrected chi connectivity index (χ1v) is 10.1. The molecule has 3 rings (SSSR count). The number of benzene rings is 1. The monoisotopic (exact) mass is 467 g/mol. The standard InChI is InChI=1S/C20H17N7O5S/c1-27-17(20(29)32-26-27)16-13(7-21)18(23)25-19(14(16)8-22)33-9-15(28)24-10-4-11(30-2)6-12(5-10)31-3/h4-6H,9H2,1-3H3,(H3-,23,24,25,26,28,29). The number of ether oxygens (including phenoxy) is 2. The molecule has 12 nitrogen and oxygen atoms in total. The van der Waals surface area contributed by atoms with Crippen molar-refractivity contribution < 1.29 is 28.6 Å². The zero-order chi connectivity index (χ0) is 24.1. The molecular formula is C20H17N7O5S. The van der Waals surface area contributed by atoms with Crippen LogP contribution >= 0.6 is 11.8 Å². The Kier molecular flexibility index (Phi) is 6.85. The maximum Gasteiger partial charge on any atom is 0.266 e. The van der Waals surface area contributed by atoms with E-state index in [2.05, 4.69) is 20.1 Å². The number of carbonyl (C=O) groups excluding carboxylic acids is 1. The third kappa shape index (κ3) is 4.73. The maximum atomic E-state index is 12.5. The van der Waals surface area contributed by atoms with Crippen LogP contribution in [-0.2, 0) is 11.8 Å². The van der Waals surface area contributed by atoms with Crippen LogP contribution in [0.1, 0.15) is 11.1 Å². The molecule has 168 valence electrons. The Morgan fingerprint density at radius 2 is 1.88 bits per heavy atom. The number of hydrogen-bond donors (Lipinski definition) is 2. The summed E-state index contributed by atoms with van der Waals surface area (Å²) in [6.45, 7) is 0. The smallest absolute Gasteiger partial charge is 0.266 e. The number of thioether (sulfide) groups is 1. The third-order valence-corrected chi connectivity index (χ3v) is 5.37. The largest absolute Gasteiger partial charge is 0.539 e. The summed E-state index contributed by atoms with van der Waals surface area (Å²) in [5.41, 5.74) is 5.90. The molecule has 2 aromatic heterocycles. The molecule has 1 aromatic carbocycles. The van der Waals surface area contributed by atoms with Gasteiger partial charge < -0.3 is 30.2 Å². The maximum absolute atomic E-state index is 12.5. The highest BCUT2D eigenvalue weighted by molar-refractivity contribution is 8.00. The van der Waals surface area contributed by atoms with E-state index in [9.17, 15) is 20.4 Å². The highest BCUT2D eigenvalue weighted by Gasteiger charge is 2.29. The molecule has 2 heterocycles. The van der Waals surface area contributed by atoms with Crippen LogP contribution in [-0.4, -0.2) is 36.1 Å². The van der Waals surface area contributed by atoms with Gasteiger partial charge in [0.25, 0.3) is 5.69 Å². The summed E-state index contributed by atoms with van der Waals surface area (Å²) in [6, 6.07) is 8.68. The van der Waals surface area contributed by atoms with Crippen molar-refractivity contribution in [2.45, 2.75) is 5.03 Å². The molecule has 0 saturated heterocycles. The number of rotatable bonds is 7. The molecule has 0 aliphatic heterocycles. The fourth-order valence-electron chi connectivity index (χ4n) is 2.93. The van der Waals surface area contributed by atoms with Gasteiger partial charge in [0, 0.05) is 23.9 Å². The van der Waals surface area contributed by atoms with Crippen molar-refractivity contribution in [2.24, 2.45) is 7.05 Å². The number of pyridine rings is 1. The van der Waals surface area contributed by atoms with Crippen molar-refractivity contribution in [1.82, 2.24) is 10.3 Å². The Morgan fingerprint density at radius 1 is 1.24 bits per heavy atom. The van der Waals surface area contributed by atoms with Crippen LogP contribution in [0.15, 0.2) is 27.7 Å². The minimum atomic E-state index is -0.850. The summed E-state index contributed by atoms with van der Waals surface area (Å²) in [5, 5.41) is 37.7. The van der Waals surface area contributed by atoms with Crippen LogP contribution in [0.5, 0.6) is 17.4 Å². The van der Waals surface area contributed by atoms with E-state index in [0.29, 0.717) is 17.2 Å². The van der Waals surface area contributed by atoms with Crippen molar-refractivity contribution >= 4 is 29.2 Å². The Labute approximate surface area is 192 Å². The van der Waals surface area contributed by atoms with Gasteiger partial charge >= 0.3 is 0 Å². The number of nitriles is 2. The predicted molar refractivity (Wildman–Crippen MR) is 113 cm³/mol. The van der Waals surface area contributed by atoms with Gasteiger partial charge in [0.2, 0.25) is 5.91 Å². The van der Waals surface area contributed by atoms with E-state index < -0.39 is 11.9 Å². The van der Waals surface area contributed by atoms with E-state index in [0.717, 1.165) is 16.4 Å². The van der Waals surface area contributed by atoms with Gasteiger partial charge in [-0.2, -0.15) is 10.5 Å². The molecule has 0 spiro atoms. The minimum Gasteiger partial charge on any atom is -0.539 e. The summed E-state index contributed by atoms with van der Waals surface area (Å²) in [7, 11) is 4.39. The summed E-state index contributed by atoms with van der Waals surface area (Å²) in [6.07, 6.45) is 0. The van der Waals surface area contributed by atoms with E-state index >= 15 is 0 Å². The second kappa shape index (κ2) is 9.76. The first-order valence-electron chi connectivity index (χ1n) is 9.15. The SMILES string of the molecule is COc1cc(NC(=O)CSc2nc(N)c(C#N)c(-c3c([O-])on[n+]3C)c2C#N)cc(OC)c1. The topological polar surface area (TPSA) is 187 Å². The lowest BCUT2D eigenvalue weighted by molar-refractivity contribution is -0.730. The van der Waals surface area contributed by atoms with Crippen molar-refractivity contribution in [3.8, 4) is 40.8 Å². The number of anilines is 2. The Hall–Kier alpha value is -4.49. The molecular weight excluding hydrogens is 450 g/mol.